The summed E-state index contributed by atoms with van der Waals surface area (Å²) in [5.41, 5.74) is 3.09. The first kappa shape index (κ1) is 17.0. The van der Waals surface area contributed by atoms with Gasteiger partial charge in [0.1, 0.15) is 0 Å². The second-order valence-electron chi connectivity index (χ2n) is 6.02. The lowest BCUT2D eigenvalue weighted by Crippen LogP contribution is -2.48. The second-order valence-corrected chi connectivity index (χ2v) is 6.94. The molecule has 0 aromatic heterocycles. The molecule has 0 spiro atoms. The summed E-state index contributed by atoms with van der Waals surface area (Å²) in [6, 6.07) is 16.1. The first-order valence-electron chi connectivity index (χ1n) is 8.19. The van der Waals surface area contributed by atoms with E-state index in [-0.39, 0.29) is 5.91 Å². The van der Waals surface area contributed by atoms with Crippen molar-refractivity contribution < 1.29 is 4.79 Å². The fourth-order valence-electron chi connectivity index (χ4n) is 2.92. The molecule has 126 valence electrons. The topological polar surface area (TPSA) is 35.6 Å². The molecule has 0 unspecified atom stereocenters. The Balaban J connectivity index is 1.54. The van der Waals surface area contributed by atoms with Gasteiger partial charge in [-0.2, -0.15) is 0 Å². The van der Waals surface area contributed by atoms with Gasteiger partial charge in [-0.25, -0.2) is 0 Å². The van der Waals surface area contributed by atoms with E-state index < -0.39 is 0 Å². The second kappa shape index (κ2) is 7.81. The Morgan fingerprint density at radius 2 is 1.62 bits per heavy atom. The zero-order valence-electron chi connectivity index (χ0n) is 13.8. The number of carbonyl (C=O) groups is 1. The van der Waals surface area contributed by atoms with Crippen LogP contribution >= 0.6 is 15.9 Å². The molecule has 24 heavy (non-hydrogen) atoms. The summed E-state index contributed by atoms with van der Waals surface area (Å²) in [6.07, 6.45) is 0. The monoisotopic (exact) mass is 387 g/mol. The molecule has 1 N–H and O–H groups in total. The number of hydrogen-bond acceptors (Lipinski definition) is 3. The van der Waals surface area contributed by atoms with Crippen molar-refractivity contribution in [2.24, 2.45) is 0 Å². The molecule has 2 aromatic rings. The number of anilines is 1. The van der Waals surface area contributed by atoms with Crippen LogP contribution in [0, 0.1) is 0 Å². The molecule has 2 aromatic carbocycles. The number of halogens is 1. The Hall–Kier alpha value is -1.85. The minimum Gasteiger partial charge on any atom is -0.388 e. The van der Waals surface area contributed by atoms with Crippen LogP contribution < -0.4 is 5.32 Å². The van der Waals surface area contributed by atoms with Crippen LogP contribution in [-0.4, -0.2) is 48.9 Å². The van der Waals surface area contributed by atoms with Crippen molar-refractivity contribution in [2.75, 3.05) is 38.5 Å². The van der Waals surface area contributed by atoms with Gasteiger partial charge in [-0.1, -0.05) is 28.1 Å². The molecule has 1 heterocycles. The molecule has 1 saturated heterocycles. The summed E-state index contributed by atoms with van der Waals surface area (Å²) in [6.45, 7) is 4.32. The molecule has 0 atom stereocenters. The first-order valence-corrected chi connectivity index (χ1v) is 8.99. The van der Waals surface area contributed by atoms with Gasteiger partial charge in [-0.3, -0.25) is 9.69 Å². The fourth-order valence-corrected chi connectivity index (χ4v) is 3.18. The molecule has 1 fully saturated rings. The van der Waals surface area contributed by atoms with Crippen LogP contribution in [0.3, 0.4) is 0 Å². The van der Waals surface area contributed by atoms with Gasteiger partial charge < -0.3 is 10.2 Å². The van der Waals surface area contributed by atoms with Crippen LogP contribution in [0.1, 0.15) is 15.9 Å². The summed E-state index contributed by atoms with van der Waals surface area (Å²) >= 11 is 3.46. The van der Waals surface area contributed by atoms with Gasteiger partial charge in [-0.05, 0) is 42.0 Å². The normalized spacial score (nSPS) is 15.3. The van der Waals surface area contributed by atoms with Gasteiger partial charge in [-0.15, -0.1) is 0 Å². The van der Waals surface area contributed by atoms with Crippen LogP contribution in [0.4, 0.5) is 5.69 Å². The van der Waals surface area contributed by atoms with Gasteiger partial charge in [0.2, 0.25) is 0 Å². The van der Waals surface area contributed by atoms with Crippen molar-refractivity contribution in [2.45, 2.75) is 6.54 Å². The van der Waals surface area contributed by atoms with Crippen LogP contribution in [0.25, 0.3) is 0 Å². The van der Waals surface area contributed by atoms with Crippen molar-refractivity contribution in [1.82, 2.24) is 9.80 Å². The van der Waals surface area contributed by atoms with Crippen LogP contribution in [0.5, 0.6) is 0 Å². The maximum atomic E-state index is 12.6. The number of rotatable bonds is 4. The highest BCUT2D eigenvalue weighted by Gasteiger charge is 2.22. The Morgan fingerprint density at radius 1 is 1.00 bits per heavy atom. The predicted molar refractivity (Wildman–Crippen MR) is 101 cm³/mol. The average Bonchev–Trinajstić information content (AvgIpc) is 2.64. The maximum absolute atomic E-state index is 12.6. The number of amides is 1. The molecule has 3 rings (SSSR count). The van der Waals surface area contributed by atoms with Crippen LogP contribution in [-0.2, 0) is 6.54 Å². The molecule has 5 heteroatoms. The number of hydrogen-bond donors (Lipinski definition) is 1. The Morgan fingerprint density at radius 3 is 2.21 bits per heavy atom. The molecule has 4 nitrogen and oxygen atoms in total. The number of carbonyl (C=O) groups excluding carboxylic acids is 1. The number of benzene rings is 2. The molecular formula is C19H22BrN3O. The maximum Gasteiger partial charge on any atom is 0.253 e. The molecule has 1 aliphatic heterocycles. The van der Waals surface area contributed by atoms with E-state index in [0.29, 0.717) is 0 Å². The Bertz CT molecular complexity index is 677. The van der Waals surface area contributed by atoms with Gasteiger partial charge in [0.05, 0.1) is 0 Å². The summed E-state index contributed by atoms with van der Waals surface area (Å²) in [5.74, 6) is 0.126. The molecular weight excluding hydrogens is 366 g/mol. The van der Waals surface area contributed by atoms with E-state index in [9.17, 15) is 4.79 Å². The smallest absolute Gasteiger partial charge is 0.253 e. The highest BCUT2D eigenvalue weighted by Crippen LogP contribution is 2.15. The molecule has 1 amide bonds. The zero-order valence-corrected chi connectivity index (χ0v) is 15.4. The fraction of sp³-hybridized carbons (Fsp3) is 0.316. The number of piperazine rings is 1. The quantitative estimate of drug-likeness (QED) is 0.872. The highest BCUT2D eigenvalue weighted by molar-refractivity contribution is 9.10. The average molecular weight is 388 g/mol. The lowest BCUT2D eigenvalue weighted by atomic mass is 10.1. The Kier molecular flexibility index (Phi) is 5.53. The standard InChI is InChI=1S/C19H22BrN3O/c1-21-18-8-4-16(5-9-18)19(24)23-12-10-22(11-13-23)14-15-2-6-17(20)7-3-15/h2-9,21H,10-14H2,1H3. The summed E-state index contributed by atoms with van der Waals surface area (Å²) in [7, 11) is 1.88. The van der Waals surface area contributed by atoms with Crippen molar-refractivity contribution >= 4 is 27.5 Å². The van der Waals surface area contributed by atoms with E-state index in [1.54, 1.807) is 0 Å². The third-order valence-electron chi connectivity index (χ3n) is 4.40. The highest BCUT2D eigenvalue weighted by atomic mass is 79.9. The van der Waals surface area contributed by atoms with E-state index in [0.717, 1.165) is 48.4 Å². The third kappa shape index (κ3) is 4.16. The van der Waals surface area contributed by atoms with E-state index in [1.807, 2.05) is 36.2 Å². The molecule has 0 bridgehead atoms. The van der Waals surface area contributed by atoms with E-state index in [2.05, 4.69) is 50.4 Å². The van der Waals surface area contributed by atoms with Gasteiger partial charge in [0.25, 0.3) is 5.91 Å². The molecule has 0 aliphatic carbocycles. The SMILES string of the molecule is CNc1ccc(C(=O)N2CCN(Cc3ccc(Br)cc3)CC2)cc1. The van der Waals surface area contributed by atoms with Crippen molar-refractivity contribution in [3.63, 3.8) is 0 Å². The summed E-state index contributed by atoms with van der Waals surface area (Å²) < 4.78 is 1.10. The Labute approximate surface area is 151 Å². The molecule has 1 aliphatic rings. The number of nitrogens with one attached hydrogen (secondary N) is 1. The van der Waals surface area contributed by atoms with Gasteiger partial charge >= 0.3 is 0 Å². The van der Waals surface area contributed by atoms with E-state index in [4.69, 9.17) is 0 Å². The van der Waals surface area contributed by atoms with Gasteiger partial charge in [0.15, 0.2) is 0 Å². The predicted octanol–water partition coefficient (Wildman–Crippen LogP) is 3.45. The van der Waals surface area contributed by atoms with Crippen molar-refractivity contribution in [3.05, 3.63) is 64.1 Å². The van der Waals surface area contributed by atoms with Gasteiger partial charge in [0, 0.05) is 55.5 Å². The summed E-state index contributed by atoms with van der Waals surface area (Å²) in [5, 5.41) is 3.07. The van der Waals surface area contributed by atoms with Crippen LogP contribution in [0.15, 0.2) is 53.0 Å². The van der Waals surface area contributed by atoms with Crippen molar-refractivity contribution in [1.29, 1.82) is 0 Å². The van der Waals surface area contributed by atoms with E-state index >= 15 is 0 Å². The number of nitrogens with zero attached hydrogens (tertiary/aromatic N) is 2. The lowest BCUT2D eigenvalue weighted by Gasteiger charge is -2.34. The lowest BCUT2D eigenvalue weighted by molar-refractivity contribution is 0.0628. The minimum atomic E-state index is 0.126. The van der Waals surface area contributed by atoms with Crippen LogP contribution in [0.2, 0.25) is 0 Å². The molecule has 0 saturated carbocycles. The molecule has 0 radical (unpaired) electrons. The third-order valence-corrected chi connectivity index (χ3v) is 4.93. The van der Waals surface area contributed by atoms with E-state index in [1.165, 1.54) is 5.56 Å². The zero-order chi connectivity index (χ0) is 16.9. The largest absolute Gasteiger partial charge is 0.388 e. The first-order chi connectivity index (χ1) is 11.7. The summed E-state index contributed by atoms with van der Waals surface area (Å²) in [4.78, 5) is 16.9. The van der Waals surface area contributed by atoms with Crippen molar-refractivity contribution in [3.8, 4) is 0 Å². The minimum absolute atomic E-state index is 0.126.